The molecule has 23 heavy (non-hydrogen) atoms. The van der Waals surface area contributed by atoms with Crippen LogP contribution in [0.15, 0.2) is 29.6 Å². The predicted octanol–water partition coefficient (Wildman–Crippen LogP) is 4.46. The van der Waals surface area contributed by atoms with Crippen LogP contribution in [0.25, 0.3) is 10.6 Å². The highest BCUT2D eigenvalue weighted by molar-refractivity contribution is 7.13. The fraction of sp³-hybridized carbons (Fsp3) is 0.375. The standard InChI is InChI=1S/C16H18ClN3O2S/c17-14-10-23-15(19-14)12-5-4-6-13(9-12)18-16(21)22-11-20-7-2-1-3-8-20/h4-6,9-10H,1-3,7-8,11H2,(H,18,21). The van der Waals surface area contributed by atoms with Gasteiger partial charge in [0.05, 0.1) is 0 Å². The van der Waals surface area contributed by atoms with Crippen LogP contribution in [0.2, 0.25) is 5.15 Å². The Morgan fingerprint density at radius 3 is 2.91 bits per heavy atom. The lowest BCUT2D eigenvalue weighted by Gasteiger charge is -2.25. The lowest BCUT2D eigenvalue weighted by Crippen LogP contribution is -2.33. The van der Waals surface area contributed by atoms with Gasteiger partial charge in [0.2, 0.25) is 0 Å². The first kappa shape index (κ1) is 16.2. The smallest absolute Gasteiger partial charge is 0.412 e. The van der Waals surface area contributed by atoms with E-state index in [4.69, 9.17) is 16.3 Å². The number of thiazole rings is 1. The molecule has 5 nitrogen and oxygen atoms in total. The number of nitrogens with one attached hydrogen (secondary N) is 1. The summed E-state index contributed by atoms with van der Waals surface area (Å²) in [6.07, 6.45) is 3.16. The summed E-state index contributed by atoms with van der Waals surface area (Å²) in [6.45, 7) is 2.33. The van der Waals surface area contributed by atoms with Crippen LogP contribution in [-0.2, 0) is 4.74 Å². The first-order valence-corrected chi connectivity index (χ1v) is 8.84. The summed E-state index contributed by atoms with van der Waals surface area (Å²) in [5.74, 6) is 0. The average Bonchev–Trinajstić information content (AvgIpc) is 3.01. The largest absolute Gasteiger partial charge is 0.433 e. The summed E-state index contributed by atoms with van der Waals surface area (Å²) in [7, 11) is 0. The Bertz CT molecular complexity index is 671. The van der Waals surface area contributed by atoms with Crippen LogP contribution in [0.5, 0.6) is 0 Å². The zero-order valence-corrected chi connectivity index (χ0v) is 14.2. The number of amides is 1. The summed E-state index contributed by atoms with van der Waals surface area (Å²) in [5.41, 5.74) is 1.59. The first-order chi connectivity index (χ1) is 11.2. The van der Waals surface area contributed by atoms with Crippen LogP contribution in [0, 0.1) is 0 Å². The van der Waals surface area contributed by atoms with Crippen molar-refractivity contribution < 1.29 is 9.53 Å². The zero-order valence-electron chi connectivity index (χ0n) is 12.6. The van der Waals surface area contributed by atoms with Crippen molar-refractivity contribution in [2.24, 2.45) is 0 Å². The Hall–Kier alpha value is -1.63. The highest BCUT2D eigenvalue weighted by atomic mass is 35.5. The SMILES string of the molecule is O=C(Nc1cccc(-c2nc(Cl)cs2)c1)OCN1CCCCC1. The molecule has 1 saturated heterocycles. The second-order valence-electron chi connectivity index (χ2n) is 5.42. The number of rotatable bonds is 4. The van der Waals surface area contributed by atoms with Crippen molar-refractivity contribution in [3.63, 3.8) is 0 Å². The number of carbonyl (C=O) groups is 1. The summed E-state index contributed by atoms with van der Waals surface area (Å²) in [6, 6.07) is 7.47. The molecule has 1 aromatic carbocycles. The molecular weight excluding hydrogens is 334 g/mol. The molecule has 0 unspecified atom stereocenters. The maximum absolute atomic E-state index is 11.9. The number of hydrogen-bond donors (Lipinski definition) is 1. The second-order valence-corrected chi connectivity index (χ2v) is 6.67. The normalized spacial score (nSPS) is 15.3. The number of hydrogen-bond acceptors (Lipinski definition) is 5. The van der Waals surface area contributed by atoms with Gasteiger partial charge in [0.15, 0.2) is 0 Å². The monoisotopic (exact) mass is 351 g/mol. The molecule has 1 fully saturated rings. The minimum Gasteiger partial charge on any atom is -0.433 e. The second kappa shape index (κ2) is 7.77. The predicted molar refractivity (Wildman–Crippen MR) is 93.0 cm³/mol. The van der Waals surface area contributed by atoms with Crippen LogP contribution in [0.1, 0.15) is 19.3 Å². The summed E-state index contributed by atoms with van der Waals surface area (Å²) < 4.78 is 5.28. The molecule has 2 aromatic rings. The van der Waals surface area contributed by atoms with Gasteiger partial charge in [-0.05, 0) is 25.0 Å². The van der Waals surface area contributed by atoms with Gasteiger partial charge in [-0.1, -0.05) is 30.2 Å². The van der Waals surface area contributed by atoms with E-state index in [-0.39, 0.29) is 0 Å². The number of carbonyl (C=O) groups excluding carboxylic acids is 1. The van der Waals surface area contributed by atoms with Gasteiger partial charge in [0.1, 0.15) is 16.9 Å². The van der Waals surface area contributed by atoms with Gasteiger partial charge in [0, 0.05) is 29.7 Å². The van der Waals surface area contributed by atoms with E-state index in [0.717, 1.165) is 23.7 Å². The molecule has 1 N–H and O–H groups in total. The highest BCUT2D eigenvalue weighted by Crippen LogP contribution is 2.27. The fourth-order valence-electron chi connectivity index (χ4n) is 2.51. The number of halogens is 1. The summed E-state index contributed by atoms with van der Waals surface area (Å²) in [5, 5.41) is 5.83. The lowest BCUT2D eigenvalue weighted by molar-refractivity contribution is 0.0659. The number of benzene rings is 1. The number of ether oxygens (including phenoxy) is 1. The molecule has 0 radical (unpaired) electrons. The number of anilines is 1. The van der Waals surface area contributed by atoms with Crippen LogP contribution in [0.3, 0.4) is 0 Å². The molecule has 1 aliphatic heterocycles. The van der Waals surface area contributed by atoms with E-state index in [1.165, 1.54) is 30.6 Å². The van der Waals surface area contributed by atoms with Gasteiger partial charge in [-0.3, -0.25) is 10.2 Å². The van der Waals surface area contributed by atoms with E-state index in [2.05, 4.69) is 15.2 Å². The third kappa shape index (κ3) is 4.67. The van der Waals surface area contributed by atoms with Crippen molar-refractivity contribution in [1.29, 1.82) is 0 Å². The van der Waals surface area contributed by atoms with Crippen molar-refractivity contribution >= 4 is 34.7 Å². The summed E-state index contributed by atoms with van der Waals surface area (Å²) in [4.78, 5) is 18.3. The van der Waals surface area contributed by atoms with Gasteiger partial charge >= 0.3 is 6.09 Å². The van der Waals surface area contributed by atoms with E-state index in [0.29, 0.717) is 17.6 Å². The number of piperidine rings is 1. The molecule has 0 atom stereocenters. The Balaban J connectivity index is 1.56. The number of aromatic nitrogens is 1. The topological polar surface area (TPSA) is 54.5 Å². The highest BCUT2D eigenvalue weighted by Gasteiger charge is 2.12. The van der Waals surface area contributed by atoms with Crippen molar-refractivity contribution in [3.05, 3.63) is 34.8 Å². The quantitative estimate of drug-likeness (QED) is 0.883. The van der Waals surface area contributed by atoms with Gasteiger partial charge < -0.3 is 4.74 Å². The van der Waals surface area contributed by atoms with E-state index in [9.17, 15) is 4.79 Å². The number of nitrogens with zero attached hydrogens (tertiary/aromatic N) is 2. The maximum Gasteiger partial charge on any atom is 0.412 e. The fourth-order valence-corrected chi connectivity index (χ4v) is 3.45. The molecular formula is C16H18ClN3O2S. The molecule has 1 aliphatic rings. The molecule has 7 heteroatoms. The Morgan fingerprint density at radius 2 is 2.17 bits per heavy atom. The summed E-state index contributed by atoms with van der Waals surface area (Å²) >= 11 is 7.32. The maximum atomic E-state index is 11.9. The van der Waals surface area contributed by atoms with E-state index < -0.39 is 6.09 Å². The van der Waals surface area contributed by atoms with Crippen LogP contribution in [0.4, 0.5) is 10.5 Å². The van der Waals surface area contributed by atoms with Gasteiger partial charge in [-0.15, -0.1) is 11.3 Å². The molecule has 2 heterocycles. The molecule has 0 spiro atoms. The van der Waals surface area contributed by atoms with Crippen LogP contribution < -0.4 is 5.32 Å². The van der Waals surface area contributed by atoms with Crippen LogP contribution in [-0.4, -0.2) is 35.8 Å². The van der Waals surface area contributed by atoms with Crippen molar-refractivity contribution in [1.82, 2.24) is 9.88 Å². The van der Waals surface area contributed by atoms with Gasteiger partial charge in [-0.2, -0.15) is 0 Å². The van der Waals surface area contributed by atoms with Gasteiger partial charge in [0.25, 0.3) is 0 Å². The third-order valence-corrected chi connectivity index (χ3v) is 4.87. The van der Waals surface area contributed by atoms with Gasteiger partial charge in [-0.25, -0.2) is 9.78 Å². The van der Waals surface area contributed by atoms with E-state index in [1.807, 2.05) is 24.3 Å². The molecule has 1 amide bonds. The van der Waals surface area contributed by atoms with E-state index >= 15 is 0 Å². The molecule has 122 valence electrons. The molecule has 0 aliphatic carbocycles. The van der Waals surface area contributed by atoms with Crippen molar-refractivity contribution in [3.8, 4) is 10.6 Å². The molecule has 1 aromatic heterocycles. The molecule has 3 rings (SSSR count). The molecule has 0 bridgehead atoms. The van der Waals surface area contributed by atoms with Crippen molar-refractivity contribution in [2.45, 2.75) is 19.3 Å². The van der Waals surface area contributed by atoms with Crippen molar-refractivity contribution in [2.75, 3.05) is 25.1 Å². The Kier molecular flexibility index (Phi) is 5.48. The minimum absolute atomic E-state index is 0.341. The third-order valence-electron chi connectivity index (χ3n) is 3.66. The van der Waals surface area contributed by atoms with Crippen LogP contribution >= 0.6 is 22.9 Å². The Morgan fingerprint density at radius 1 is 1.35 bits per heavy atom. The minimum atomic E-state index is -0.440. The first-order valence-electron chi connectivity index (χ1n) is 7.58. The average molecular weight is 352 g/mol. The lowest BCUT2D eigenvalue weighted by atomic mass is 10.1. The zero-order chi connectivity index (χ0) is 16.1. The van der Waals surface area contributed by atoms with E-state index in [1.54, 1.807) is 5.38 Å². The Labute approximate surface area is 144 Å². The number of likely N-dealkylation sites (tertiary alicyclic amines) is 1. The molecule has 0 saturated carbocycles.